The van der Waals surface area contributed by atoms with Crippen LogP contribution in [0.3, 0.4) is 0 Å². The second kappa shape index (κ2) is 13.6. The maximum atomic E-state index is 12.6. The largest absolute Gasteiger partial charge is 0.469 e. The number of H-pyrrole nitrogens is 1. The number of hydrogen-bond donors (Lipinski definition) is 4. The van der Waals surface area contributed by atoms with Gasteiger partial charge in [0.25, 0.3) is 0 Å². The Morgan fingerprint density at radius 1 is 1.20 bits per heavy atom. The zero-order chi connectivity index (χ0) is 29.4. The molecule has 41 heavy (non-hydrogen) atoms. The van der Waals surface area contributed by atoms with Crippen LogP contribution in [0.15, 0.2) is 29.1 Å². The molecule has 13 nitrogen and oxygen atoms in total. The normalized spacial score (nSPS) is 17.1. The van der Waals surface area contributed by atoms with Crippen LogP contribution in [-0.4, -0.2) is 80.4 Å². The highest BCUT2D eigenvalue weighted by Gasteiger charge is 2.36. The van der Waals surface area contributed by atoms with Gasteiger partial charge in [-0.05, 0) is 36.8 Å². The zero-order valence-electron chi connectivity index (χ0n) is 23.6. The number of nitrogens with zero attached hydrogens (tertiary/aromatic N) is 4. The number of methoxy groups -OCH3 is 1. The number of fused-ring (bicyclic) bond motifs is 1. The van der Waals surface area contributed by atoms with Gasteiger partial charge in [-0.25, -0.2) is 4.79 Å². The van der Waals surface area contributed by atoms with Crippen LogP contribution in [0.25, 0.3) is 11.2 Å². The summed E-state index contributed by atoms with van der Waals surface area (Å²) in [5.74, 6) is -0.283. The molecule has 2 aromatic heterocycles. The van der Waals surface area contributed by atoms with Crippen molar-refractivity contribution in [2.24, 2.45) is 0 Å². The standard InChI is InChI=1S/C28H39N7O6/c1-3-4-14-41-26-32-24(29)23-25(33-26)35(27(38)31-23)12-5-10-28(39)11-13-34(18-28)17-21(36)30-16-20-8-6-19(7-9-20)15-22(37)40-2/h6-9,39H,3-5,10-18H2,1-2H3,(H,30,36)(H,31,38)(H2,29,32,33)/t28-/m1/s1. The molecule has 1 amide bonds. The lowest BCUT2D eigenvalue weighted by Crippen LogP contribution is -2.39. The Labute approximate surface area is 238 Å². The number of likely N-dealkylation sites (tertiary alicyclic amines) is 1. The SMILES string of the molecule is CCCCOc1nc(N)c2[nH]c(=O)n(CCC[C@@]3(O)CCN(CC(=O)NCc4ccc(CC(=O)OC)cc4)C3)c2n1. The number of carbonyl (C=O) groups is 2. The van der Waals surface area contributed by atoms with Crippen LogP contribution in [0.1, 0.15) is 50.2 Å². The average Bonchev–Trinajstić information content (AvgIpc) is 3.47. The number of aromatic nitrogens is 4. The summed E-state index contributed by atoms with van der Waals surface area (Å²) in [5.41, 5.74) is 7.23. The third-order valence-corrected chi connectivity index (χ3v) is 7.25. The third kappa shape index (κ3) is 8.04. The Kier molecular flexibility index (Phi) is 9.95. The minimum Gasteiger partial charge on any atom is -0.469 e. The second-order valence-corrected chi connectivity index (χ2v) is 10.5. The third-order valence-electron chi connectivity index (χ3n) is 7.25. The lowest BCUT2D eigenvalue weighted by atomic mass is 9.97. The number of nitrogens with two attached hydrogens (primary N) is 1. The summed E-state index contributed by atoms with van der Waals surface area (Å²) in [6.07, 6.45) is 3.56. The number of esters is 1. The number of imidazole rings is 1. The van der Waals surface area contributed by atoms with E-state index >= 15 is 0 Å². The van der Waals surface area contributed by atoms with E-state index in [1.54, 1.807) is 0 Å². The monoisotopic (exact) mass is 569 g/mol. The van der Waals surface area contributed by atoms with E-state index in [1.165, 1.54) is 11.7 Å². The van der Waals surface area contributed by atoms with Crippen molar-refractivity contribution >= 4 is 28.9 Å². The number of anilines is 1. The lowest BCUT2D eigenvalue weighted by molar-refractivity contribution is -0.139. The summed E-state index contributed by atoms with van der Waals surface area (Å²) in [4.78, 5) is 49.7. The number of benzene rings is 1. The number of nitrogens with one attached hydrogen (secondary N) is 2. The number of amides is 1. The topological polar surface area (TPSA) is 178 Å². The summed E-state index contributed by atoms with van der Waals surface area (Å²) >= 11 is 0. The Bertz CT molecular complexity index is 1400. The first-order valence-corrected chi connectivity index (χ1v) is 13.9. The molecule has 3 heterocycles. The van der Waals surface area contributed by atoms with Crippen molar-refractivity contribution in [3.63, 3.8) is 0 Å². The summed E-state index contributed by atoms with van der Waals surface area (Å²) < 4.78 is 11.8. The smallest absolute Gasteiger partial charge is 0.327 e. The number of ether oxygens (including phenoxy) is 2. The van der Waals surface area contributed by atoms with Gasteiger partial charge in [-0.2, -0.15) is 9.97 Å². The molecule has 1 saturated heterocycles. The van der Waals surface area contributed by atoms with Crippen molar-refractivity contribution in [1.29, 1.82) is 0 Å². The predicted octanol–water partition coefficient (Wildman–Crippen LogP) is 1.13. The van der Waals surface area contributed by atoms with Crippen LogP contribution in [0.2, 0.25) is 0 Å². The molecule has 222 valence electrons. The number of hydrogen-bond acceptors (Lipinski definition) is 10. The van der Waals surface area contributed by atoms with Crippen molar-refractivity contribution in [2.75, 3.05) is 39.1 Å². The molecular formula is C28H39N7O6. The molecular weight excluding hydrogens is 530 g/mol. The van der Waals surface area contributed by atoms with Crippen LogP contribution in [0.5, 0.6) is 6.01 Å². The van der Waals surface area contributed by atoms with E-state index in [1.807, 2.05) is 29.2 Å². The summed E-state index contributed by atoms with van der Waals surface area (Å²) in [6.45, 7) is 4.37. The first-order valence-electron chi connectivity index (χ1n) is 13.9. The van der Waals surface area contributed by atoms with Gasteiger partial charge in [0.05, 0.1) is 32.3 Å². The van der Waals surface area contributed by atoms with Crippen molar-refractivity contribution < 1.29 is 24.2 Å². The van der Waals surface area contributed by atoms with Crippen LogP contribution < -0.4 is 21.5 Å². The van der Waals surface area contributed by atoms with Gasteiger partial charge in [-0.3, -0.25) is 19.1 Å². The Hall–Kier alpha value is -3.97. The molecule has 1 fully saturated rings. The highest BCUT2D eigenvalue weighted by Crippen LogP contribution is 2.26. The van der Waals surface area contributed by atoms with Crippen LogP contribution in [0, 0.1) is 0 Å². The Balaban J connectivity index is 1.24. The van der Waals surface area contributed by atoms with E-state index in [2.05, 4.69) is 31.9 Å². The molecule has 5 N–H and O–H groups in total. The molecule has 13 heteroatoms. The van der Waals surface area contributed by atoms with Gasteiger partial charge < -0.3 is 30.6 Å². The maximum absolute atomic E-state index is 12.6. The van der Waals surface area contributed by atoms with E-state index in [0.717, 1.165) is 24.0 Å². The van der Waals surface area contributed by atoms with Gasteiger partial charge in [0.1, 0.15) is 5.52 Å². The van der Waals surface area contributed by atoms with Gasteiger partial charge in [0.2, 0.25) is 5.91 Å². The molecule has 3 aromatic rings. The first kappa shape index (κ1) is 30.0. The van der Waals surface area contributed by atoms with Crippen molar-refractivity contribution in [3.05, 3.63) is 45.9 Å². The van der Waals surface area contributed by atoms with Crippen LogP contribution in [-0.2, 0) is 33.8 Å². The number of aromatic amines is 1. The quantitative estimate of drug-likeness (QED) is 0.162. The van der Waals surface area contributed by atoms with Gasteiger partial charge in [-0.1, -0.05) is 37.6 Å². The number of rotatable bonds is 14. The molecule has 1 atom stereocenters. The fourth-order valence-corrected chi connectivity index (χ4v) is 4.93. The number of β-amino-alcohol motifs (C(OH)–C–C–N with tert-alkyl or cyclic N) is 1. The van der Waals surface area contributed by atoms with Crippen molar-refractivity contribution in [2.45, 2.75) is 64.1 Å². The van der Waals surface area contributed by atoms with Gasteiger partial charge in [0.15, 0.2) is 11.5 Å². The molecule has 1 aliphatic heterocycles. The number of carbonyl (C=O) groups excluding carboxylic acids is 2. The van der Waals surface area contributed by atoms with Gasteiger partial charge in [-0.15, -0.1) is 0 Å². The zero-order valence-corrected chi connectivity index (χ0v) is 23.6. The van der Waals surface area contributed by atoms with Crippen LogP contribution in [0.4, 0.5) is 5.82 Å². The minimum atomic E-state index is -0.950. The summed E-state index contributed by atoms with van der Waals surface area (Å²) in [6, 6.07) is 7.55. The average molecular weight is 570 g/mol. The first-order chi connectivity index (χ1) is 19.7. The predicted molar refractivity (Wildman–Crippen MR) is 152 cm³/mol. The molecule has 0 bridgehead atoms. The molecule has 4 rings (SSSR count). The Morgan fingerprint density at radius 3 is 2.68 bits per heavy atom. The Morgan fingerprint density at radius 2 is 1.95 bits per heavy atom. The van der Waals surface area contributed by atoms with E-state index in [4.69, 9.17) is 10.5 Å². The lowest BCUT2D eigenvalue weighted by Gasteiger charge is -2.23. The van der Waals surface area contributed by atoms with E-state index in [9.17, 15) is 19.5 Å². The highest BCUT2D eigenvalue weighted by atomic mass is 16.5. The molecule has 0 unspecified atom stereocenters. The summed E-state index contributed by atoms with van der Waals surface area (Å²) in [5, 5.41) is 14.0. The maximum Gasteiger partial charge on any atom is 0.327 e. The van der Waals surface area contributed by atoms with E-state index in [0.29, 0.717) is 63.2 Å². The van der Waals surface area contributed by atoms with Crippen molar-refractivity contribution in [1.82, 2.24) is 29.7 Å². The molecule has 1 aromatic carbocycles. The number of nitrogen functional groups attached to an aromatic ring is 1. The van der Waals surface area contributed by atoms with Gasteiger partial charge >= 0.3 is 17.7 Å². The molecule has 0 saturated carbocycles. The minimum absolute atomic E-state index is 0.132. The molecule has 0 radical (unpaired) electrons. The summed E-state index contributed by atoms with van der Waals surface area (Å²) in [7, 11) is 1.36. The van der Waals surface area contributed by atoms with E-state index < -0.39 is 5.60 Å². The number of unbranched alkanes of at least 4 members (excludes halogenated alkanes) is 1. The highest BCUT2D eigenvalue weighted by molar-refractivity contribution is 5.81. The van der Waals surface area contributed by atoms with Crippen LogP contribution >= 0.6 is 0 Å². The second-order valence-electron chi connectivity index (χ2n) is 10.5. The van der Waals surface area contributed by atoms with Crippen molar-refractivity contribution in [3.8, 4) is 6.01 Å². The van der Waals surface area contributed by atoms with E-state index in [-0.39, 0.29) is 42.4 Å². The fraction of sp³-hybridized carbons (Fsp3) is 0.536. The molecule has 0 spiro atoms. The molecule has 1 aliphatic rings. The fourth-order valence-electron chi connectivity index (χ4n) is 4.93. The molecule has 0 aliphatic carbocycles. The van der Waals surface area contributed by atoms with Gasteiger partial charge in [0, 0.05) is 26.2 Å². The number of aryl methyl sites for hydroxylation is 1. The number of aliphatic hydroxyl groups is 1.